The first-order chi connectivity index (χ1) is 14.7. The summed E-state index contributed by atoms with van der Waals surface area (Å²) in [5.74, 6) is 0.427. The fourth-order valence-corrected chi connectivity index (χ4v) is 4.57. The van der Waals surface area contributed by atoms with Gasteiger partial charge in [-0.15, -0.1) is 0 Å². The van der Waals surface area contributed by atoms with Crippen molar-refractivity contribution in [3.63, 3.8) is 0 Å². The molecule has 0 spiro atoms. The van der Waals surface area contributed by atoms with Crippen molar-refractivity contribution in [3.05, 3.63) is 58.8 Å². The molecule has 1 atom stereocenters. The predicted octanol–water partition coefficient (Wildman–Crippen LogP) is 3.41. The number of nitriles is 1. The third kappa shape index (κ3) is 4.61. The number of carbonyl (C=O) groups excluding carboxylic acids is 1. The number of anilines is 1. The van der Waals surface area contributed by atoms with E-state index in [1.165, 1.54) is 11.8 Å². The first-order valence-corrected chi connectivity index (χ1v) is 12.2. The minimum atomic E-state index is -2.96. The van der Waals surface area contributed by atoms with Gasteiger partial charge in [-0.05, 0) is 31.7 Å². The van der Waals surface area contributed by atoms with Crippen LogP contribution < -0.4 is 10.2 Å². The Kier molecular flexibility index (Phi) is 5.56. The maximum Gasteiger partial charge on any atom is 0.244 e. The van der Waals surface area contributed by atoms with Gasteiger partial charge in [-0.25, -0.2) is 4.68 Å². The van der Waals surface area contributed by atoms with Crippen LogP contribution in [0.2, 0.25) is 0 Å². The molecule has 8 nitrogen and oxygen atoms in total. The standard InChI is InChI=1S/C22H27N5O3S/c1-16-12-20(27(25-16)11-8-17-6-4-3-5-7-17)26-14-18(31(2,29)30)13-19(26)21(28)24-22(15-23)9-10-22/h3-7,12,14,19,29-30H,8-11,13H2,1-2H3,(H,24,28)/t19-/m0/s1. The molecule has 0 saturated heterocycles. The molecule has 2 heterocycles. The fourth-order valence-electron chi connectivity index (χ4n) is 3.78. The Bertz CT molecular complexity index is 1050. The lowest BCUT2D eigenvalue weighted by molar-refractivity contribution is -0.122. The van der Waals surface area contributed by atoms with Gasteiger partial charge in [-0.3, -0.25) is 13.9 Å². The number of carbonyl (C=O) groups is 1. The Morgan fingerprint density at radius 2 is 2.06 bits per heavy atom. The molecule has 0 bridgehead atoms. The highest BCUT2D eigenvalue weighted by Crippen LogP contribution is 2.50. The van der Waals surface area contributed by atoms with Gasteiger partial charge in [-0.2, -0.15) is 21.0 Å². The number of nitrogens with zero attached hydrogens (tertiary/aromatic N) is 4. The third-order valence-corrected chi connectivity index (χ3v) is 7.01. The molecule has 3 N–H and O–H groups in total. The number of aryl methyl sites for hydroxylation is 3. The minimum Gasteiger partial charge on any atom is -0.336 e. The molecular weight excluding hydrogens is 414 g/mol. The van der Waals surface area contributed by atoms with Crippen LogP contribution in [0.5, 0.6) is 0 Å². The van der Waals surface area contributed by atoms with E-state index in [1.807, 2.05) is 35.9 Å². The normalized spacial score (nSPS) is 20.2. The largest absolute Gasteiger partial charge is 0.336 e. The molecule has 1 amide bonds. The highest BCUT2D eigenvalue weighted by molar-refractivity contribution is 8.27. The summed E-state index contributed by atoms with van der Waals surface area (Å²) < 4.78 is 22.3. The maximum atomic E-state index is 13.1. The van der Waals surface area contributed by atoms with Crippen LogP contribution in [0.15, 0.2) is 47.5 Å². The lowest BCUT2D eigenvalue weighted by Crippen LogP contribution is -2.47. The Hall–Kier alpha value is -2.80. The lowest BCUT2D eigenvalue weighted by Gasteiger charge is -2.28. The van der Waals surface area contributed by atoms with Crippen LogP contribution in [0.1, 0.15) is 30.5 Å². The van der Waals surface area contributed by atoms with Crippen LogP contribution in [0, 0.1) is 18.3 Å². The Balaban J connectivity index is 1.62. The second-order valence-corrected chi connectivity index (χ2v) is 10.5. The van der Waals surface area contributed by atoms with Gasteiger partial charge in [0, 0.05) is 31.5 Å². The topological polar surface area (TPSA) is 114 Å². The van der Waals surface area contributed by atoms with E-state index < -0.39 is 22.2 Å². The van der Waals surface area contributed by atoms with E-state index in [9.17, 15) is 19.2 Å². The van der Waals surface area contributed by atoms with Crippen LogP contribution in [-0.2, 0) is 17.8 Å². The molecular formula is C22H27N5O3S. The van der Waals surface area contributed by atoms with E-state index in [1.54, 1.807) is 11.1 Å². The van der Waals surface area contributed by atoms with Crippen molar-refractivity contribution in [3.8, 4) is 6.07 Å². The smallest absolute Gasteiger partial charge is 0.244 e. The number of hydrogen-bond acceptors (Lipinski definition) is 6. The Morgan fingerprint density at radius 1 is 1.35 bits per heavy atom. The number of aromatic nitrogens is 2. The summed E-state index contributed by atoms with van der Waals surface area (Å²) >= 11 is 0. The molecule has 1 aliphatic heterocycles. The highest BCUT2D eigenvalue weighted by Gasteiger charge is 2.47. The second-order valence-electron chi connectivity index (χ2n) is 8.34. The van der Waals surface area contributed by atoms with Crippen molar-refractivity contribution in [1.29, 1.82) is 5.26 Å². The molecule has 1 aromatic carbocycles. The average molecular weight is 442 g/mol. The molecule has 1 fully saturated rings. The van der Waals surface area contributed by atoms with E-state index in [-0.39, 0.29) is 12.3 Å². The number of amides is 1. The lowest BCUT2D eigenvalue weighted by atomic mass is 10.1. The summed E-state index contributed by atoms with van der Waals surface area (Å²) in [6.07, 6.45) is 5.26. The first-order valence-electron chi connectivity index (χ1n) is 10.2. The Labute approximate surface area is 183 Å². The van der Waals surface area contributed by atoms with Crippen molar-refractivity contribution >= 4 is 22.3 Å². The highest BCUT2D eigenvalue weighted by atomic mass is 32.3. The summed E-state index contributed by atoms with van der Waals surface area (Å²) in [6.45, 7) is 2.51. The van der Waals surface area contributed by atoms with E-state index >= 15 is 0 Å². The monoisotopic (exact) mass is 441 g/mol. The quantitative estimate of drug-likeness (QED) is 0.607. The molecule has 31 heavy (non-hydrogen) atoms. The SMILES string of the molecule is Cc1cc(N2C=C(S(C)(O)O)C[C@H]2C(=O)NC2(C#N)CC2)n(CCc2ccccc2)n1. The van der Waals surface area contributed by atoms with Crippen molar-refractivity contribution in [2.24, 2.45) is 0 Å². The van der Waals surface area contributed by atoms with Crippen LogP contribution >= 0.6 is 10.6 Å². The molecule has 164 valence electrons. The molecule has 0 unspecified atom stereocenters. The summed E-state index contributed by atoms with van der Waals surface area (Å²) in [6, 6.07) is 13.5. The van der Waals surface area contributed by atoms with E-state index in [2.05, 4.69) is 28.6 Å². The zero-order chi connectivity index (χ0) is 22.2. The van der Waals surface area contributed by atoms with Gasteiger partial charge in [0.15, 0.2) is 0 Å². The molecule has 1 aromatic heterocycles. The third-order valence-electron chi connectivity index (χ3n) is 5.74. The zero-order valence-corrected chi connectivity index (χ0v) is 18.5. The van der Waals surface area contributed by atoms with Crippen molar-refractivity contribution in [2.75, 3.05) is 11.2 Å². The average Bonchev–Trinajstić information content (AvgIpc) is 3.18. The second kappa shape index (κ2) is 8.04. The number of hydrogen-bond donors (Lipinski definition) is 3. The van der Waals surface area contributed by atoms with Crippen molar-refractivity contribution < 1.29 is 13.9 Å². The molecule has 4 rings (SSSR count). The van der Waals surface area contributed by atoms with E-state index in [4.69, 9.17) is 0 Å². The minimum absolute atomic E-state index is 0.190. The Morgan fingerprint density at radius 3 is 2.68 bits per heavy atom. The summed E-state index contributed by atoms with van der Waals surface area (Å²) in [5, 5.41) is 16.8. The number of rotatable bonds is 7. The van der Waals surface area contributed by atoms with Gasteiger partial charge in [0.1, 0.15) is 17.4 Å². The maximum absolute atomic E-state index is 13.1. The molecule has 2 aliphatic rings. The van der Waals surface area contributed by atoms with Gasteiger partial charge in [-0.1, -0.05) is 30.3 Å². The molecule has 9 heteroatoms. The van der Waals surface area contributed by atoms with Gasteiger partial charge in [0.05, 0.1) is 16.7 Å². The van der Waals surface area contributed by atoms with Crippen LogP contribution in [0.25, 0.3) is 0 Å². The molecule has 2 aromatic rings. The number of benzene rings is 1. The van der Waals surface area contributed by atoms with E-state index in [0.717, 1.165) is 12.1 Å². The molecule has 1 saturated carbocycles. The van der Waals surface area contributed by atoms with Gasteiger partial charge in [0.25, 0.3) is 0 Å². The summed E-state index contributed by atoms with van der Waals surface area (Å²) in [7, 11) is -2.96. The first kappa shape index (κ1) is 21.4. The van der Waals surface area contributed by atoms with Gasteiger partial charge < -0.3 is 10.2 Å². The van der Waals surface area contributed by atoms with Crippen LogP contribution in [0.4, 0.5) is 5.82 Å². The molecule has 0 radical (unpaired) electrons. The van der Waals surface area contributed by atoms with Crippen LogP contribution in [0.3, 0.4) is 0 Å². The zero-order valence-electron chi connectivity index (χ0n) is 17.7. The van der Waals surface area contributed by atoms with Gasteiger partial charge >= 0.3 is 0 Å². The fraction of sp³-hybridized carbons (Fsp3) is 0.409. The number of nitrogens with one attached hydrogen (secondary N) is 1. The van der Waals surface area contributed by atoms with Crippen molar-refractivity contribution in [2.45, 2.75) is 50.7 Å². The van der Waals surface area contributed by atoms with Crippen molar-refractivity contribution in [1.82, 2.24) is 15.1 Å². The summed E-state index contributed by atoms with van der Waals surface area (Å²) in [5.41, 5.74) is 1.20. The summed E-state index contributed by atoms with van der Waals surface area (Å²) in [4.78, 5) is 15.3. The van der Waals surface area contributed by atoms with Crippen LogP contribution in [-0.4, -0.2) is 42.6 Å². The van der Waals surface area contributed by atoms with Gasteiger partial charge in [0.2, 0.25) is 5.91 Å². The predicted molar refractivity (Wildman–Crippen MR) is 121 cm³/mol. The van der Waals surface area contributed by atoms with E-state index in [0.29, 0.717) is 30.1 Å². The molecule has 1 aliphatic carbocycles.